The normalized spacial score (nSPS) is 10.6. The minimum Gasteiger partial charge on any atom is -0.396 e. The number of aliphatic hydroxyl groups is 1. The van der Waals surface area contributed by atoms with Gasteiger partial charge in [0.05, 0.1) is 0 Å². The summed E-state index contributed by atoms with van der Waals surface area (Å²) in [4.78, 5) is 0. The molecule has 0 aliphatic carbocycles. The molecule has 0 aliphatic heterocycles. The van der Waals surface area contributed by atoms with Crippen molar-refractivity contribution < 1.29 is 9.50 Å². The average Bonchev–Trinajstić information content (AvgIpc) is 2.30. The van der Waals surface area contributed by atoms with E-state index >= 15 is 0 Å². The van der Waals surface area contributed by atoms with E-state index in [-0.39, 0.29) is 5.82 Å². The minimum atomic E-state index is -0.159. The Morgan fingerprint density at radius 3 is 2.00 bits per heavy atom. The van der Waals surface area contributed by atoms with Gasteiger partial charge in [0.2, 0.25) is 0 Å². The van der Waals surface area contributed by atoms with Crippen molar-refractivity contribution in [2.45, 2.75) is 44.9 Å². The summed E-state index contributed by atoms with van der Waals surface area (Å²) in [5, 5.41) is 8.61. The van der Waals surface area contributed by atoms with Gasteiger partial charge < -0.3 is 5.11 Å². The Hall–Kier alpha value is -0.890. The molecular weight excluding hydrogens is 203 g/mol. The Kier molecular flexibility index (Phi) is 6.82. The molecule has 0 saturated carbocycles. The van der Waals surface area contributed by atoms with Crippen LogP contribution >= 0.6 is 0 Å². The third-order valence-electron chi connectivity index (χ3n) is 2.79. The summed E-state index contributed by atoms with van der Waals surface area (Å²) < 4.78 is 12.6. The van der Waals surface area contributed by atoms with E-state index < -0.39 is 0 Å². The van der Waals surface area contributed by atoms with Crippen molar-refractivity contribution in [2.24, 2.45) is 0 Å². The summed E-state index contributed by atoms with van der Waals surface area (Å²) >= 11 is 0. The molecule has 0 heterocycles. The summed E-state index contributed by atoms with van der Waals surface area (Å²) in [6.07, 6.45) is 7.95. The Morgan fingerprint density at radius 1 is 0.812 bits per heavy atom. The second-order valence-electron chi connectivity index (χ2n) is 4.22. The number of halogens is 1. The Morgan fingerprint density at radius 2 is 1.38 bits per heavy atom. The second-order valence-corrected chi connectivity index (χ2v) is 4.22. The van der Waals surface area contributed by atoms with Gasteiger partial charge >= 0.3 is 0 Å². The zero-order valence-corrected chi connectivity index (χ0v) is 9.79. The van der Waals surface area contributed by atoms with Gasteiger partial charge in [-0.25, -0.2) is 4.39 Å². The van der Waals surface area contributed by atoms with Crippen LogP contribution in [0.4, 0.5) is 4.39 Å². The van der Waals surface area contributed by atoms with Crippen LogP contribution in [-0.4, -0.2) is 11.7 Å². The lowest BCUT2D eigenvalue weighted by molar-refractivity contribution is 0.282. The zero-order chi connectivity index (χ0) is 11.6. The van der Waals surface area contributed by atoms with Gasteiger partial charge in [-0.15, -0.1) is 0 Å². The number of hydrogen-bond acceptors (Lipinski definition) is 1. The van der Waals surface area contributed by atoms with Crippen molar-refractivity contribution in [1.82, 2.24) is 0 Å². The maximum atomic E-state index is 12.6. The van der Waals surface area contributed by atoms with Crippen LogP contribution in [0.25, 0.3) is 0 Å². The lowest BCUT2D eigenvalue weighted by Crippen LogP contribution is -1.87. The first-order valence-corrected chi connectivity index (χ1v) is 6.18. The molecule has 0 radical (unpaired) electrons. The number of aryl methyl sites for hydroxylation is 1. The summed E-state index contributed by atoms with van der Waals surface area (Å²) in [6.45, 7) is 0.315. The molecule has 2 heteroatoms. The summed E-state index contributed by atoms with van der Waals surface area (Å²) in [7, 11) is 0. The third kappa shape index (κ3) is 5.86. The predicted octanol–water partition coefficient (Wildman–Crippen LogP) is 3.70. The largest absolute Gasteiger partial charge is 0.396 e. The number of rotatable bonds is 8. The van der Waals surface area contributed by atoms with E-state index in [9.17, 15) is 4.39 Å². The standard InChI is InChI=1S/C14H21FO/c15-14-10-8-13(9-11-14)7-5-3-1-2-4-6-12-16/h8-11,16H,1-7,12H2. The molecule has 0 saturated heterocycles. The Balaban J connectivity index is 2.01. The molecule has 0 aromatic heterocycles. The van der Waals surface area contributed by atoms with Crippen molar-refractivity contribution in [3.63, 3.8) is 0 Å². The van der Waals surface area contributed by atoms with Crippen LogP contribution < -0.4 is 0 Å². The van der Waals surface area contributed by atoms with Crippen molar-refractivity contribution in [3.8, 4) is 0 Å². The van der Waals surface area contributed by atoms with Gasteiger partial charge in [-0.05, 0) is 37.0 Å². The highest BCUT2D eigenvalue weighted by Gasteiger charge is 1.95. The van der Waals surface area contributed by atoms with Crippen LogP contribution in [0.3, 0.4) is 0 Å². The van der Waals surface area contributed by atoms with Gasteiger partial charge in [0, 0.05) is 6.61 Å². The monoisotopic (exact) mass is 224 g/mol. The molecule has 1 rings (SSSR count). The van der Waals surface area contributed by atoms with Gasteiger partial charge in [0.1, 0.15) is 5.82 Å². The van der Waals surface area contributed by atoms with E-state index in [4.69, 9.17) is 5.11 Å². The average molecular weight is 224 g/mol. The lowest BCUT2D eigenvalue weighted by atomic mass is 10.1. The highest BCUT2D eigenvalue weighted by Crippen LogP contribution is 2.10. The number of unbranched alkanes of at least 4 members (excludes halogenated alkanes) is 5. The first-order chi connectivity index (χ1) is 7.83. The molecule has 1 nitrogen and oxygen atoms in total. The fraction of sp³-hybridized carbons (Fsp3) is 0.571. The molecule has 0 fully saturated rings. The molecule has 0 spiro atoms. The van der Waals surface area contributed by atoms with Crippen molar-refractivity contribution in [1.29, 1.82) is 0 Å². The molecule has 1 aromatic carbocycles. The fourth-order valence-electron chi connectivity index (χ4n) is 1.80. The Labute approximate surface area is 97.3 Å². The maximum absolute atomic E-state index is 12.6. The van der Waals surface area contributed by atoms with Crippen LogP contribution in [0.2, 0.25) is 0 Å². The van der Waals surface area contributed by atoms with Gasteiger partial charge in [0.25, 0.3) is 0 Å². The van der Waals surface area contributed by atoms with Crippen LogP contribution in [0.15, 0.2) is 24.3 Å². The molecule has 0 aliphatic rings. The number of aliphatic hydroxyl groups excluding tert-OH is 1. The second kappa shape index (κ2) is 8.28. The SMILES string of the molecule is OCCCCCCCCc1ccc(F)cc1. The van der Waals surface area contributed by atoms with Gasteiger partial charge in [-0.1, -0.05) is 37.8 Å². The first kappa shape index (κ1) is 13.2. The molecule has 1 aromatic rings. The molecule has 0 amide bonds. The van der Waals surface area contributed by atoms with E-state index in [2.05, 4.69) is 0 Å². The third-order valence-corrected chi connectivity index (χ3v) is 2.79. The van der Waals surface area contributed by atoms with Crippen LogP contribution in [0.1, 0.15) is 44.1 Å². The van der Waals surface area contributed by atoms with Crippen molar-refractivity contribution in [3.05, 3.63) is 35.6 Å². The number of benzene rings is 1. The predicted molar refractivity (Wildman–Crippen MR) is 64.9 cm³/mol. The lowest BCUT2D eigenvalue weighted by Gasteiger charge is -2.02. The molecular formula is C14H21FO. The topological polar surface area (TPSA) is 20.2 Å². The van der Waals surface area contributed by atoms with Crippen molar-refractivity contribution in [2.75, 3.05) is 6.61 Å². The zero-order valence-electron chi connectivity index (χ0n) is 9.79. The van der Waals surface area contributed by atoms with Crippen LogP contribution in [-0.2, 0) is 6.42 Å². The quantitative estimate of drug-likeness (QED) is 0.667. The molecule has 1 N–H and O–H groups in total. The van der Waals surface area contributed by atoms with Gasteiger partial charge in [0.15, 0.2) is 0 Å². The Bertz CT molecular complexity index is 269. The molecule has 0 bridgehead atoms. The van der Waals surface area contributed by atoms with Gasteiger partial charge in [-0.3, -0.25) is 0 Å². The summed E-state index contributed by atoms with van der Waals surface area (Å²) in [5.74, 6) is -0.159. The first-order valence-electron chi connectivity index (χ1n) is 6.18. The van der Waals surface area contributed by atoms with E-state index in [1.807, 2.05) is 12.1 Å². The summed E-state index contributed by atoms with van der Waals surface area (Å²) in [5.41, 5.74) is 1.22. The molecule has 90 valence electrons. The highest BCUT2D eigenvalue weighted by molar-refractivity contribution is 5.15. The van der Waals surface area contributed by atoms with Crippen LogP contribution in [0, 0.1) is 5.82 Å². The van der Waals surface area contributed by atoms with E-state index in [1.165, 1.54) is 43.4 Å². The highest BCUT2D eigenvalue weighted by atomic mass is 19.1. The van der Waals surface area contributed by atoms with E-state index in [1.54, 1.807) is 0 Å². The van der Waals surface area contributed by atoms with Gasteiger partial charge in [-0.2, -0.15) is 0 Å². The molecule has 0 unspecified atom stereocenters. The minimum absolute atomic E-state index is 0.159. The molecule has 0 atom stereocenters. The van der Waals surface area contributed by atoms with E-state index in [0.29, 0.717) is 6.61 Å². The summed E-state index contributed by atoms with van der Waals surface area (Å²) in [6, 6.07) is 6.77. The maximum Gasteiger partial charge on any atom is 0.123 e. The fourth-order valence-corrected chi connectivity index (χ4v) is 1.80. The molecule has 16 heavy (non-hydrogen) atoms. The smallest absolute Gasteiger partial charge is 0.123 e. The van der Waals surface area contributed by atoms with Crippen molar-refractivity contribution >= 4 is 0 Å². The van der Waals surface area contributed by atoms with Crippen LogP contribution in [0.5, 0.6) is 0 Å². The van der Waals surface area contributed by atoms with E-state index in [0.717, 1.165) is 19.3 Å². The number of hydrogen-bond donors (Lipinski definition) is 1.